The number of rotatable bonds is 5. The van der Waals surface area contributed by atoms with Crippen LogP contribution in [0.1, 0.15) is 61.1 Å². The van der Waals surface area contributed by atoms with Crippen LogP contribution in [0.4, 0.5) is 35.0 Å². The SMILES string of the molecule is CC.Cc1ccc(C(=O)Nc2cc(C)nc(N3CCC(F)(F)CC3)n2)c(N2CCC(C(F)F)CC2)c1. The number of carbonyl (C=O) groups is 1. The summed E-state index contributed by atoms with van der Waals surface area (Å²) in [7, 11) is 0. The van der Waals surface area contributed by atoms with Crippen LogP contribution in [0.3, 0.4) is 0 Å². The molecule has 6 nitrogen and oxygen atoms in total. The maximum atomic E-state index is 13.5. The van der Waals surface area contributed by atoms with Crippen LogP contribution in [0.15, 0.2) is 24.3 Å². The Balaban J connectivity index is 0.00000176. The van der Waals surface area contributed by atoms with E-state index in [1.165, 1.54) is 0 Å². The number of halogens is 4. The Kier molecular flexibility index (Phi) is 9.13. The van der Waals surface area contributed by atoms with Crippen LogP contribution in [0, 0.1) is 19.8 Å². The topological polar surface area (TPSA) is 61.4 Å². The highest BCUT2D eigenvalue weighted by Crippen LogP contribution is 2.32. The minimum atomic E-state index is -2.68. The summed E-state index contributed by atoms with van der Waals surface area (Å²) in [4.78, 5) is 25.6. The van der Waals surface area contributed by atoms with Crippen molar-refractivity contribution >= 4 is 23.4 Å². The number of piperidine rings is 2. The fourth-order valence-corrected chi connectivity index (χ4v) is 4.46. The van der Waals surface area contributed by atoms with Crippen LogP contribution in [0.25, 0.3) is 0 Å². The Morgan fingerprint density at radius 3 is 2.25 bits per heavy atom. The molecule has 3 heterocycles. The monoisotopic (exact) mass is 509 g/mol. The Morgan fingerprint density at radius 1 is 1.00 bits per heavy atom. The number of nitrogens with zero attached hydrogens (tertiary/aromatic N) is 4. The van der Waals surface area contributed by atoms with Gasteiger partial charge in [0.25, 0.3) is 11.8 Å². The number of hydrogen-bond acceptors (Lipinski definition) is 5. The minimum absolute atomic E-state index is 0.139. The van der Waals surface area contributed by atoms with E-state index in [0.29, 0.717) is 48.8 Å². The molecular weight excluding hydrogens is 474 g/mol. The lowest BCUT2D eigenvalue weighted by Crippen LogP contribution is -2.40. The average molecular weight is 510 g/mol. The predicted molar refractivity (Wildman–Crippen MR) is 135 cm³/mol. The fraction of sp³-hybridized carbons (Fsp3) is 0.577. The van der Waals surface area contributed by atoms with E-state index < -0.39 is 18.3 Å². The Labute approximate surface area is 210 Å². The molecule has 2 aliphatic heterocycles. The second kappa shape index (κ2) is 11.9. The summed E-state index contributed by atoms with van der Waals surface area (Å²) in [5.74, 6) is -3.07. The van der Waals surface area contributed by atoms with Crippen LogP contribution >= 0.6 is 0 Å². The summed E-state index contributed by atoms with van der Waals surface area (Å²) in [5, 5.41) is 2.81. The lowest BCUT2D eigenvalue weighted by Gasteiger charge is -2.34. The highest BCUT2D eigenvalue weighted by Gasteiger charge is 2.35. The molecule has 2 saturated heterocycles. The number of amides is 1. The molecule has 0 unspecified atom stereocenters. The number of hydrogen-bond donors (Lipinski definition) is 1. The van der Waals surface area contributed by atoms with Gasteiger partial charge in [0.1, 0.15) is 5.82 Å². The molecule has 36 heavy (non-hydrogen) atoms. The van der Waals surface area contributed by atoms with E-state index in [4.69, 9.17) is 0 Å². The van der Waals surface area contributed by atoms with Gasteiger partial charge in [0.15, 0.2) is 0 Å². The molecule has 4 rings (SSSR count). The van der Waals surface area contributed by atoms with Crippen molar-refractivity contribution in [3.63, 3.8) is 0 Å². The third-order valence-electron chi connectivity index (χ3n) is 6.50. The van der Waals surface area contributed by atoms with Crippen molar-refractivity contribution in [2.45, 2.75) is 65.7 Å². The van der Waals surface area contributed by atoms with Crippen molar-refractivity contribution in [3.8, 4) is 0 Å². The van der Waals surface area contributed by atoms with Gasteiger partial charge in [-0.05, 0) is 44.4 Å². The molecule has 1 aromatic carbocycles. The van der Waals surface area contributed by atoms with E-state index in [0.717, 1.165) is 5.56 Å². The van der Waals surface area contributed by atoms with Crippen LogP contribution in [0.2, 0.25) is 0 Å². The van der Waals surface area contributed by atoms with Gasteiger partial charge in [0, 0.05) is 62.4 Å². The van der Waals surface area contributed by atoms with Gasteiger partial charge in [0.05, 0.1) is 5.56 Å². The first-order chi connectivity index (χ1) is 17.1. The second-order valence-corrected chi connectivity index (χ2v) is 9.17. The van der Waals surface area contributed by atoms with Crippen LogP contribution < -0.4 is 15.1 Å². The fourth-order valence-electron chi connectivity index (χ4n) is 4.46. The molecule has 1 aromatic heterocycles. The lowest BCUT2D eigenvalue weighted by molar-refractivity contribution is -0.0222. The normalized spacial score (nSPS) is 18.0. The first-order valence-electron chi connectivity index (χ1n) is 12.5. The van der Waals surface area contributed by atoms with Gasteiger partial charge in [-0.15, -0.1) is 0 Å². The largest absolute Gasteiger partial charge is 0.371 e. The zero-order valence-corrected chi connectivity index (χ0v) is 21.3. The molecule has 0 bridgehead atoms. The Morgan fingerprint density at radius 2 is 1.64 bits per heavy atom. The van der Waals surface area contributed by atoms with Gasteiger partial charge in [-0.2, -0.15) is 4.98 Å². The van der Waals surface area contributed by atoms with Crippen LogP contribution in [-0.4, -0.2) is 54.4 Å². The van der Waals surface area contributed by atoms with E-state index in [9.17, 15) is 22.4 Å². The first-order valence-corrected chi connectivity index (χ1v) is 12.5. The molecule has 0 atom stereocenters. The van der Waals surface area contributed by atoms with Crippen LogP contribution in [-0.2, 0) is 0 Å². The highest BCUT2D eigenvalue weighted by molar-refractivity contribution is 6.08. The third-order valence-corrected chi connectivity index (χ3v) is 6.50. The molecule has 1 amide bonds. The van der Waals surface area contributed by atoms with Crippen LogP contribution in [0.5, 0.6) is 0 Å². The van der Waals surface area contributed by atoms with Crippen molar-refractivity contribution in [1.82, 2.24) is 9.97 Å². The summed E-state index contributed by atoms with van der Waals surface area (Å²) in [6.07, 6.45) is -2.11. The van der Waals surface area contributed by atoms with E-state index in [-0.39, 0.29) is 37.7 Å². The predicted octanol–water partition coefficient (Wildman–Crippen LogP) is 6.09. The molecule has 2 aromatic rings. The van der Waals surface area contributed by atoms with E-state index >= 15 is 0 Å². The average Bonchev–Trinajstić information content (AvgIpc) is 2.84. The molecule has 1 N–H and O–H groups in total. The van der Waals surface area contributed by atoms with Crippen molar-refractivity contribution in [3.05, 3.63) is 41.1 Å². The van der Waals surface area contributed by atoms with Gasteiger partial charge in [-0.25, -0.2) is 22.5 Å². The number of carbonyl (C=O) groups excluding carboxylic acids is 1. The molecule has 0 saturated carbocycles. The molecule has 2 fully saturated rings. The van der Waals surface area contributed by atoms with Gasteiger partial charge < -0.3 is 15.1 Å². The summed E-state index contributed by atoms with van der Waals surface area (Å²) in [6.45, 7) is 8.86. The van der Waals surface area contributed by atoms with Gasteiger partial charge >= 0.3 is 0 Å². The molecule has 0 aliphatic carbocycles. The number of anilines is 3. The molecule has 0 spiro atoms. The summed E-state index contributed by atoms with van der Waals surface area (Å²) >= 11 is 0. The minimum Gasteiger partial charge on any atom is -0.371 e. The molecule has 198 valence electrons. The summed E-state index contributed by atoms with van der Waals surface area (Å²) < 4.78 is 53.2. The maximum absolute atomic E-state index is 13.5. The Bertz CT molecular complexity index is 1030. The van der Waals surface area contributed by atoms with Crippen molar-refractivity contribution in [1.29, 1.82) is 0 Å². The summed E-state index contributed by atoms with van der Waals surface area (Å²) in [5.41, 5.74) is 2.70. The summed E-state index contributed by atoms with van der Waals surface area (Å²) in [6, 6.07) is 7.07. The standard InChI is InChI=1S/C24H29F4N5O.C2H6/c1-15-3-4-18(19(13-15)32-9-5-17(6-10-32)21(25)26)22(34)30-20-14-16(2)29-23(31-20)33-11-7-24(27,28)8-12-33;1-2/h3-4,13-14,17,21H,5-12H2,1-2H3,(H,29,30,31,34);1-2H3. The third kappa shape index (κ3) is 6.85. The van der Waals surface area contributed by atoms with E-state index in [1.807, 2.05) is 37.8 Å². The second-order valence-electron chi connectivity index (χ2n) is 9.17. The van der Waals surface area contributed by atoms with Crippen molar-refractivity contribution in [2.75, 3.05) is 41.3 Å². The number of alkyl halides is 4. The molecule has 0 radical (unpaired) electrons. The van der Waals surface area contributed by atoms with E-state index in [2.05, 4.69) is 15.3 Å². The quantitative estimate of drug-likeness (QED) is 0.495. The number of aromatic nitrogens is 2. The zero-order valence-electron chi connectivity index (χ0n) is 21.3. The lowest BCUT2D eigenvalue weighted by atomic mass is 9.96. The van der Waals surface area contributed by atoms with E-state index in [1.54, 1.807) is 24.0 Å². The molecule has 10 heteroatoms. The number of aryl methyl sites for hydroxylation is 2. The molecular formula is C26H35F4N5O. The Hall–Kier alpha value is -2.91. The number of nitrogens with one attached hydrogen (secondary N) is 1. The molecule has 2 aliphatic rings. The van der Waals surface area contributed by atoms with Gasteiger partial charge in [0.2, 0.25) is 12.4 Å². The maximum Gasteiger partial charge on any atom is 0.258 e. The smallest absolute Gasteiger partial charge is 0.258 e. The van der Waals surface area contributed by atoms with Gasteiger partial charge in [-0.1, -0.05) is 19.9 Å². The van der Waals surface area contributed by atoms with Crippen molar-refractivity contribution in [2.24, 2.45) is 5.92 Å². The van der Waals surface area contributed by atoms with Crippen molar-refractivity contribution < 1.29 is 22.4 Å². The van der Waals surface area contributed by atoms with Gasteiger partial charge in [-0.3, -0.25) is 4.79 Å². The first kappa shape index (κ1) is 27.7. The number of benzene rings is 1. The zero-order chi connectivity index (χ0) is 26.5. The highest BCUT2D eigenvalue weighted by atomic mass is 19.3.